The van der Waals surface area contributed by atoms with E-state index in [0.717, 1.165) is 85.4 Å². The van der Waals surface area contributed by atoms with Gasteiger partial charge in [0.15, 0.2) is 0 Å². The van der Waals surface area contributed by atoms with Gasteiger partial charge in [-0.3, -0.25) is 9.59 Å². The number of carboxylic acids is 2. The number of aromatic amines is 2. The van der Waals surface area contributed by atoms with Crippen LogP contribution in [-0.2, 0) is 39.8 Å². The smallest absolute Gasteiger partial charge is 0.303 e. The van der Waals surface area contributed by atoms with Crippen LogP contribution >= 0.6 is 0 Å². The second kappa shape index (κ2) is 12.7. The van der Waals surface area contributed by atoms with Gasteiger partial charge in [-0.25, -0.2) is 9.97 Å². The molecule has 4 N–H and O–H groups in total. The van der Waals surface area contributed by atoms with Gasteiger partial charge in [-0.2, -0.15) is 0 Å². The van der Waals surface area contributed by atoms with Gasteiger partial charge in [0, 0.05) is 52.3 Å². The Morgan fingerprint density at radius 2 is 1.07 bits per heavy atom. The van der Waals surface area contributed by atoms with Gasteiger partial charge in [0.05, 0.1) is 22.8 Å². The topological polar surface area (TPSA) is 132 Å². The van der Waals surface area contributed by atoms with Gasteiger partial charge >= 0.3 is 11.9 Å². The number of carboxylic acid groups (broad SMARTS) is 2. The summed E-state index contributed by atoms with van der Waals surface area (Å²) in [4.78, 5) is 40.3. The summed E-state index contributed by atoms with van der Waals surface area (Å²) in [5.41, 5.74) is 15.4. The molecule has 2 aliphatic heterocycles. The SMILES string of the molecule is CCC1=C(C)c2cc3[nH]c(cc4nc(cc5[nH]c(cc1n2)c(C)c5CCC(=O)O)C(CCC(=O)O)=C4C)c(C)c3CC.[Cr]. The molecule has 0 saturated heterocycles. The second-order valence-electron chi connectivity index (χ2n) is 11.2. The molecule has 0 aromatic carbocycles. The van der Waals surface area contributed by atoms with Crippen molar-refractivity contribution in [1.82, 2.24) is 19.9 Å². The molecule has 5 heterocycles. The molecule has 3 aromatic rings. The average Bonchev–Trinajstić information content (AvgIpc) is 3.59. The number of carbonyl (C=O) groups is 2. The third-order valence-electron chi connectivity index (χ3n) is 8.69. The zero-order valence-corrected chi connectivity index (χ0v) is 26.8. The van der Waals surface area contributed by atoms with Crippen LogP contribution in [0.25, 0.3) is 44.4 Å². The first-order chi connectivity index (χ1) is 20.0. The zero-order chi connectivity index (χ0) is 30.3. The van der Waals surface area contributed by atoms with Crippen LogP contribution in [0, 0.1) is 13.8 Å². The van der Waals surface area contributed by atoms with Crippen LogP contribution in [0.5, 0.6) is 0 Å². The molecule has 0 unspecified atom stereocenters. The normalized spacial score (nSPS) is 13.0. The van der Waals surface area contributed by atoms with E-state index in [1.807, 2.05) is 26.0 Å². The number of allylic oxidation sites excluding steroid dienone is 4. The Kier molecular flexibility index (Phi) is 9.48. The van der Waals surface area contributed by atoms with E-state index in [1.54, 1.807) is 0 Å². The summed E-state index contributed by atoms with van der Waals surface area (Å²) in [5.74, 6) is -1.72. The van der Waals surface area contributed by atoms with Gasteiger partial charge in [0.1, 0.15) is 0 Å². The van der Waals surface area contributed by atoms with Crippen molar-refractivity contribution in [2.45, 2.75) is 80.1 Å². The fraction of sp³-hybridized carbons (Fsp3) is 0.353. The van der Waals surface area contributed by atoms with Crippen LogP contribution < -0.4 is 0 Å². The summed E-state index contributed by atoms with van der Waals surface area (Å²) in [6, 6.07) is 8.19. The molecule has 0 fully saturated rings. The summed E-state index contributed by atoms with van der Waals surface area (Å²) >= 11 is 0. The molecule has 8 bridgehead atoms. The van der Waals surface area contributed by atoms with Crippen LogP contribution in [0.4, 0.5) is 0 Å². The molecule has 0 spiro atoms. The largest absolute Gasteiger partial charge is 0.481 e. The monoisotopic (exact) mass is 618 g/mol. The molecule has 224 valence electrons. The van der Waals surface area contributed by atoms with Gasteiger partial charge < -0.3 is 20.2 Å². The number of hydrogen-bond acceptors (Lipinski definition) is 4. The summed E-state index contributed by atoms with van der Waals surface area (Å²) in [6.07, 6.45) is 2.39. The van der Waals surface area contributed by atoms with Crippen LogP contribution in [0.2, 0.25) is 0 Å². The minimum absolute atomic E-state index is 0. The Hall–Kier alpha value is -3.93. The first-order valence-corrected chi connectivity index (χ1v) is 14.6. The predicted octanol–water partition coefficient (Wildman–Crippen LogP) is 7.64. The van der Waals surface area contributed by atoms with Crippen LogP contribution in [0.15, 0.2) is 24.3 Å². The van der Waals surface area contributed by atoms with Crippen molar-refractivity contribution >= 4 is 56.3 Å². The van der Waals surface area contributed by atoms with E-state index in [1.165, 1.54) is 11.1 Å². The summed E-state index contributed by atoms with van der Waals surface area (Å²) < 4.78 is 0. The fourth-order valence-electron chi connectivity index (χ4n) is 6.22. The van der Waals surface area contributed by atoms with Gasteiger partial charge in [-0.15, -0.1) is 0 Å². The maximum absolute atomic E-state index is 11.5. The van der Waals surface area contributed by atoms with Crippen LogP contribution in [0.1, 0.15) is 98.4 Å². The third kappa shape index (κ3) is 6.11. The standard InChI is InChI=1S/C34H38N4O4.Cr/c1-7-21-17(3)25-13-26-19(5)23(9-11-33(39)40)31(37-26)16-32-24(10-12-34(41)42)20(6)28(38-32)15-30-22(8-2)18(4)27(36-30)14-29(21)35-25;/h13-16,35,38H,7-12H2,1-6H3,(H,39,40)(H,41,42);. The van der Waals surface area contributed by atoms with Crippen LogP contribution in [-0.4, -0.2) is 42.1 Å². The van der Waals surface area contributed by atoms with Crippen molar-refractivity contribution in [3.63, 3.8) is 0 Å². The number of nitrogens with zero attached hydrogens (tertiary/aromatic N) is 2. The summed E-state index contributed by atoms with van der Waals surface area (Å²) in [5, 5.41) is 18.9. The Labute approximate surface area is 262 Å². The van der Waals surface area contributed by atoms with Crippen molar-refractivity contribution in [1.29, 1.82) is 0 Å². The van der Waals surface area contributed by atoms with Crippen LogP contribution in [0.3, 0.4) is 0 Å². The molecule has 8 nitrogen and oxygen atoms in total. The number of fused-ring (bicyclic) bond motifs is 8. The van der Waals surface area contributed by atoms with Gasteiger partial charge in [-0.1, -0.05) is 13.8 Å². The van der Waals surface area contributed by atoms with Crippen molar-refractivity contribution in [3.8, 4) is 0 Å². The molecule has 0 aliphatic carbocycles. The number of rotatable bonds is 8. The molecular weight excluding hydrogens is 580 g/mol. The molecular formula is C34H38CrN4O4. The first kappa shape index (κ1) is 32.0. The van der Waals surface area contributed by atoms with Gasteiger partial charge in [0.25, 0.3) is 0 Å². The van der Waals surface area contributed by atoms with Crippen molar-refractivity contribution in [2.75, 3.05) is 0 Å². The third-order valence-corrected chi connectivity index (χ3v) is 8.69. The minimum atomic E-state index is -0.864. The van der Waals surface area contributed by atoms with E-state index in [-0.39, 0.29) is 30.2 Å². The first-order valence-electron chi connectivity index (χ1n) is 14.6. The number of aryl methyl sites for hydroxylation is 4. The van der Waals surface area contributed by atoms with Gasteiger partial charge in [0.2, 0.25) is 0 Å². The molecule has 0 atom stereocenters. The summed E-state index contributed by atoms with van der Waals surface area (Å²) in [6.45, 7) is 12.5. The Bertz CT molecular complexity index is 1860. The van der Waals surface area contributed by atoms with E-state index in [0.29, 0.717) is 18.5 Å². The van der Waals surface area contributed by atoms with E-state index in [2.05, 4.69) is 49.8 Å². The molecule has 0 saturated carbocycles. The number of nitrogens with one attached hydrogen (secondary N) is 2. The van der Waals surface area contributed by atoms with Crippen molar-refractivity contribution in [3.05, 3.63) is 69.3 Å². The molecule has 0 amide bonds. The molecule has 3 aromatic heterocycles. The Balaban J connectivity index is 0.00000423. The number of aliphatic carboxylic acids is 2. The minimum Gasteiger partial charge on any atom is -0.481 e. The molecule has 43 heavy (non-hydrogen) atoms. The summed E-state index contributed by atoms with van der Waals surface area (Å²) in [7, 11) is 0. The van der Waals surface area contributed by atoms with Crippen molar-refractivity contribution < 1.29 is 37.2 Å². The van der Waals surface area contributed by atoms with Gasteiger partial charge in [-0.05, 0) is 122 Å². The maximum atomic E-state index is 11.5. The van der Waals surface area contributed by atoms with E-state index in [9.17, 15) is 19.8 Å². The molecule has 5 rings (SSSR count). The number of hydrogen-bond donors (Lipinski definition) is 4. The molecule has 9 heteroatoms. The Morgan fingerprint density at radius 1 is 0.628 bits per heavy atom. The second-order valence-corrected chi connectivity index (χ2v) is 11.2. The Morgan fingerprint density at radius 3 is 1.63 bits per heavy atom. The maximum Gasteiger partial charge on any atom is 0.303 e. The number of aromatic nitrogens is 4. The molecule has 0 radical (unpaired) electrons. The fourth-order valence-corrected chi connectivity index (χ4v) is 6.22. The average molecular weight is 619 g/mol. The molecule has 2 aliphatic rings. The van der Waals surface area contributed by atoms with E-state index in [4.69, 9.17) is 9.97 Å². The van der Waals surface area contributed by atoms with E-state index < -0.39 is 11.9 Å². The number of H-pyrrole nitrogens is 2. The zero-order valence-electron chi connectivity index (χ0n) is 25.6. The predicted molar refractivity (Wildman–Crippen MR) is 168 cm³/mol. The quantitative estimate of drug-likeness (QED) is 0.205. The van der Waals surface area contributed by atoms with Crippen molar-refractivity contribution in [2.24, 2.45) is 0 Å². The van der Waals surface area contributed by atoms with E-state index >= 15 is 0 Å².